The van der Waals surface area contributed by atoms with Crippen LogP contribution in [0, 0.1) is 10.7 Å². The molecule has 1 aromatic rings. The first-order valence-electron chi connectivity index (χ1n) is 4.92. The van der Waals surface area contributed by atoms with Gasteiger partial charge in [0.2, 0.25) is 0 Å². The van der Waals surface area contributed by atoms with E-state index in [4.69, 9.17) is 4.74 Å². The molecule has 0 saturated carbocycles. The van der Waals surface area contributed by atoms with E-state index in [1.54, 1.807) is 0 Å². The fourth-order valence-electron chi connectivity index (χ4n) is 1.42. The van der Waals surface area contributed by atoms with Gasteiger partial charge in [-0.15, -0.1) is 0 Å². The topological polar surface area (TPSA) is 63.6 Å². The van der Waals surface area contributed by atoms with Gasteiger partial charge in [-0.2, -0.15) is 0 Å². The lowest BCUT2D eigenvalue weighted by molar-refractivity contribution is -0.132. The molecule has 0 radical (unpaired) electrons. The molecule has 1 rings (SSSR count). The van der Waals surface area contributed by atoms with Gasteiger partial charge in [-0.3, -0.25) is 4.79 Å². The highest BCUT2D eigenvalue weighted by Gasteiger charge is 2.25. The number of hydrogen-bond acceptors (Lipinski definition) is 3. The smallest absolute Gasteiger partial charge is 0.338 e. The van der Waals surface area contributed by atoms with Gasteiger partial charge >= 0.3 is 11.9 Å². The highest BCUT2D eigenvalue weighted by molar-refractivity contribution is 14.1. The number of halogens is 3. The van der Waals surface area contributed by atoms with E-state index in [9.17, 15) is 14.7 Å². The molecule has 0 aromatic heterocycles. The second-order valence-electron chi connectivity index (χ2n) is 3.38. The molecule has 7 heteroatoms. The zero-order chi connectivity index (χ0) is 14.0. The second kappa shape index (κ2) is 6.68. The second-order valence-corrected chi connectivity index (χ2v) is 6.61. The normalized spacial score (nSPS) is 10.3. The molecule has 4 nitrogen and oxygen atoms in total. The molecule has 0 spiro atoms. The van der Waals surface area contributed by atoms with Crippen molar-refractivity contribution in [3.8, 4) is 5.75 Å². The average Bonchev–Trinajstić information content (AvgIpc) is 2.24. The maximum atomic E-state index is 11.3. The number of esters is 1. The summed E-state index contributed by atoms with van der Waals surface area (Å²) < 4.78 is 7.10. The lowest BCUT2D eigenvalue weighted by atomic mass is 10.1. The van der Waals surface area contributed by atoms with Crippen LogP contribution in [-0.2, 0) is 11.2 Å². The Balaban J connectivity index is 3.66. The van der Waals surface area contributed by atoms with Crippen LogP contribution in [-0.4, -0.2) is 17.0 Å². The monoisotopic (exact) mass is 586 g/mol. The molecule has 1 N–H and O–H groups in total. The van der Waals surface area contributed by atoms with E-state index in [2.05, 4.69) is 22.6 Å². The Hall–Kier alpha value is 0.350. The molecule has 0 amide bonds. The summed E-state index contributed by atoms with van der Waals surface area (Å²) in [5.74, 6) is -1.12. The predicted octanol–water partition coefficient (Wildman–Crippen LogP) is 3.69. The van der Waals surface area contributed by atoms with Gasteiger partial charge in [0.05, 0.1) is 12.7 Å². The van der Waals surface area contributed by atoms with E-state index in [1.807, 2.05) is 52.1 Å². The minimum Gasteiger partial charge on any atom is -0.478 e. The first-order valence-corrected chi connectivity index (χ1v) is 8.15. The van der Waals surface area contributed by atoms with Crippen LogP contribution in [0.5, 0.6) is 5.75 Å². The van der Waals surface area contributed by atoms with Gasteiger partial charge in [-0.25, -0.2) is 4.79 Å². The van der Waals surface area contributed by atoms with Crippen LogP contribution in [0.4, 0.5) is 0 Å². The highest BCUT2D eigenvalue weighted by atomic mass is 127. The Morgan fingerprint density at radius 2 is 1.72 bits per heavy atom. The Morgan fingerprint density at radius 1 is 1.17 bits per heavy atom. The molecule has 0 fully saturated rings. The summed E-state index contributed by atoms with van der Waals surface area (Å²) in [6, 6.07) is 0. The third-order valence-corrected chi connectivity index (χ3v) is 5.54. The fraction of sp³-hybridized carbons (Fsp3) is 0.273. The van der Waals surface area contributed by atoms with Gasteiger partial charge in [0.25, 0.3) is 0 Å². The maximum Gasteiger partial charge on any atom is 0.338 e. The summed E-state index contributed by atoms with van der Waals surface area (Å²) in [5, 5.41) is 9.26. The van der Waals surface area contributed by atoms with Crippen molar-refractivity contribution in [2.24, 2.45) is 0 Å². The van der Waals surface area contributed by atoms with Gasteiger partial charge in [0.1, 0.15) is 0 Å². The number of aromatic carboxylic acids is 1. The summed E-state index contributed by atoms with van der Waals surface area (Å²) in [6.45, 7) is 3.24. The van der Waals surface area contributed by atoms with Gasteiger partial charge in [-0.05, 0) is 79.8 Å². The average molecular weight is 586 g/mol. The fourth-order valence-corrected chi connectivity index (χ4v) is 6.03. The molecule has 0 atom stereocenters. The number of carbonyl (C=O) groups excluding carboxylic acids is 1. The quantitative estimate of drug-likeness (QED) is 0.334. The molecule has 0 bridgehead atoms. The van der Waals surface area contributed by atoms with Gasteiger partial charge in [0.15, 0.2) is 5.75 Å². The summed E-state index contributed by atoms with van der Waals surface area (Å²) >= 11 is 6.02. The molecule has 98 valence electrons. The number of ether oxygens (including phenoxy) is 1. The van der Waals surface area contributed by atoms with E-state index in [0.717, 1.165) is 9.13 Å². The largest absolute Gasteiger partial charge is 0.478 e. The Kier molecular flexibility index (Phi) is 6.09. The van der Waals surface area contributed by atoms with Crippen molar-refractivity contribution in [3.05, 3.63) is 21.8 Å². The molecular weight excluding hydrogens is 577 g/mol. The summed E-state index contributed by atoms with van der Waals surface area (Å²) in [6.07, 6.45) is 0.683. The summed E-state index contributed by atoms with van der Waals surface area (Å²) in [7, 11) is 0. The van der Waals surface area contributed by atoms with Crippen LogP contribution in [0.15, 0.2) is 0 Å². The Bertz CT molecular complexity index is 526. The number of carbonyl (C=O) groups is 2. The highest BCUT2D eigenvalue weighted by Crippen LogP contribution is 2.37. The van der Waals surface area contributed by atoms with Crippen molar-refractivity contribution >= 4 is 79.7 Å². The van der Waals surface area contributed by atoms with Crippen LogP contribution in [0.2, 0.25) is 0 Å². The zero-order valence-corrected chi connectivity index (χ0v) is 16.0. The van der Waals surface area contributed by atoms with Crippen molar-refractivity contribution in [1.82, 2.24) is 0 Å². The van der Waals surface area contributed by atoms with Crippen LogP contribution in [0.25, 0.3) is 0 Å². The summed E-state index contributed by atoms with van der Waals surface area (Å²) in [5.41, 5.74) is 1.09. The summed E-state index contributed by atoms with van der Waals surface area (Å²) in [4.78, 5) is 22.4. The predicted molar refractivity (Wildman–Crippen MR) is 92.2 cm³/mol. The van der Waals surface area contributed by atoms with E-state index in [0.29, 0.717) is 19.3 Å². The molecule has 1 aromatic carbocycles. The first kappa shape index (κ1) is 16.4. The Morgan fingerprint density at radius 3 is 2.11 bits per heavy atom. The molecule has 18 heavy (non-hydrogen) atoms. The van der Waals surface area contributed by atoms with Crippen LogP contribution >= 0.6 is 67.8 Å². The third-order valence-electron chi connectivity index (χ3n) is 2.18. The lowest BCUT2D eigenvalue weighted by Crippen LogP contribution is -2.13. The van der Waals surface area contributed by atoms with E-state index in [-0.39, 0.29) is 5.56 Å². The number of benzene rings is 1. The first-order chi connectivity index (χ1) is 8.31. The molecule has 0 heterocycles. The van der Waals surface area contributed by atoms with E-state index < -0.39 is 11.9 Å². The molecule has 0 aliphatic rings. The number of carboxylic acids is 1. The molecule has 0 aliphatic heterocycles. The Labute approximate surface area is 145 Å². The lowest BCUT2D eigenvalue weighted by Gasteiger charge is -2.15. The minimum atomic E-state index is -1.01. The van der Waals surface area contributed by atoms with Crippen molar-refractivity contribution < 1.29 is 19.4 Å². The van der Waals surface area contributed by atoms with Crippen molar-refractivity contribution in [3.63, 3.8) is 0 Å². The van der Waals surface area contributed by atoms with Gasteiger partial charge < -0.3 is 9.84 Å². The minimum absolute atomic E-state index is 0.199. The molecule has 0 unspecified atom stereocenters. The van der Waals surface area contributed by atoms with Crippen LogP contribution < -0.4 is 4.74 Å². The van der Waals surface area contributed by atoms with Crippen LogP contribution in [0.3, 0.4) is 0 Å². The van der Waals surface area contributed by atoms with E-state index in [1.165, 1.54) is 6.92 Å². The van der Waals surface area contributed by atoms with Gasteiger partial charge in [-0.1, -0.05) is 6.92 Å². The van der Waals surface area contributed by atoms with E-state index >= 15 is 0 Å². The number of carboxylic acid groups (broad SMARTS) is 1. The molecular formula is C11H9I3O4. The zero-order valence-electron chi connectivity index (χ0n) is 9.51. The molecule has 0 aliphatic carbocycles. The van der Waals surface area contributed by atoms with Crippen molar-refractivity contribution in [2.75, 3.05) is 0 Å². The van der Waals surface area contributed by atoms with Crippen LogP contribution in [0.1, 0.15) is 29.8 Å². The third kappa shape index (κ3) is 3.26. The standard InChI is InChI=1S/C11H9I3O4/c1-3-5-7(12)6(11(16)17)9(14)10(8(5)13)18-4(2)15/h3H2,1-2H3,(H,16,17). The van der Waals surface area contributed by atoms with Crippen molar-refractivity contribution in [2.45, 2.75) is 20.3 Å². The van der Waals surface area contributed by atoms with Crippen molar-refractivity contribution in [1.29, 1.82) is 0 Å². The maximum absolute atomic E-state index is 11.3. The SMILES string of the molecule is CCc1c(I)c(OC(C)=O)c(I)c(C(=O)O)c1I. The van der Waals surface area contributed by atoms with Gasteiger partial charge in [0, 0.05) is 10.5 Å². The number of rotatable bonds is 3. The molecule has 0 saturated heterocycles. The number of hydrogen-bond donors (Lipinski definition) is 1.